The van der Waals surface area contributed by atoms with Crippen LogP contribution in [0.15, 0.2) is 35.5 Å². The SMILES string of the molecule is CNC(=O)c1nn(CC2(n3ccc4cc(CO)cnc43)CCCC2)cc(O)c1=O. The average Bonchev–Trinajstić information content (AvgIpc) is 3.37. The van der Waals surface area contributed by atoms with Crippen molar-refractivity contribution in [1.82, 2.24) is 24.6 Å². The number of aromatic nitrogens is 4. The number of amides is 1. The molecule has 1 amide bonds. The van der Waals surface area contributed by atoms with Gasteiger partial charge < -0.3 is 20.1 Å². The second kappa shape index (κ2) is 7.32. The zero-order valence-corrected chi connectivity index (χ0v) is 16.1. The van der Waals surface area contributed by atoms with Crippen LogP contribution in [0.25, 0.3) is 11.0 Å². The van der Waals surface area contributed by atoms with Crippen LogP contribution in [0.1, 0.15) is 41.7 Å². The predicted molar refractivity (Wildman–Crippen MR) is 106 cm³/mol. The molecule has 0 saturated heterocycles. The molecule has 0 unspecified atom stereocenters. The van der Waals surface area contributed by atoms with Gasteiger partial charge in [-0.25, -0.2) is 4.98 Å². The summed E-state index contributed by atoms with van der Waals surface area (Å²) in [7, 11) is 1.41. The van der Waals surface area contributed by atoms with Crippen LogP contribution in [0.2, 0.25) is 0 Å². The third kappa shape index (κ3) is 3.27. The van der Waals surface area contributed by atoms with Crippen molar-refractivity contribution in [3.63, 3.8) is 0 Å². The summed E-state index contributed by atoms with van der Waals surface area (Å²) >= 11 is 0. The number of rotatable bonds is 5. The molecular formula is C20H23N5O4. The van der Waals surface area contributed by atoms with E-state index in [0.29, 0.717) is 6.54 Å². The van der Waals surface area contributed by atoms with E-state index in [2.05, 4.69) is 20.0 Å². The Morgan fingerprint density at radius 3 is 2.79 bits per heavy atom. The monoisotopic (exact) mass is 397 g/mol. The minimum Gasteiger partial charge on any atom is -0.503 e. The fourth-order valence-corrected chi connectivity index (χ4v) is 4.22. The normalized spacial score (nSPS) is 15.7. The molecule has 3 N–H and O–H groups in total. The van der Waals surface area contributed by atoms with Crippen LogP contribution in [0.5, 0.6) is 5.75 Å². The number of aromatic hydroxyl groups is 1. The molecule has 4 rings (SSSR count). The Morgan fingerprint density at radius 1 is 1.34 bits per heavy atom. The van der Waals surface area contributed by atoms with Crippen molar-refractivity contribution >= 4 is 16.9 Å². The van der Waals surface area contributed by atoms with Gasteiger partial charge in [-0.05, 0) is 30.5 Å². The Morgan fingerprint density at radius 2 is 2.10 bits per heavy atom. The molecular weight excluding hydrogens is 374 g/mol. The number of nitrogens with one attached hydrogen (secondary N) is 1. The largest absolute Gasteiger partial charge is 0.503 e. The summed E-state index contributed by atoms with van der Waals surface area (Å²) in [5.74, 6) is -1.14. The maximum absolute atomic E-state index is 12.1. The third-order valence-corrected chi connectivity index (χ3v) is 5.66. The molecule has 1 fully saturated rings. The molecule has 0 aromatic carbocycles. The highest BCUT2D eigenvalue weighted by atomic mass is 16.3. The molecule has 152 valence electrons. The summed E-state index contributed by atoms with van der Waals surface area (Å²) < 4.78 is 3.59. The molecule has 0 spiro atoms. The van der Waals surface area contributed by atoms with Crippen molar-refractivity contribution in [1.29, 1.82) is 0 Å². The Bertz CT molecular complexity index is 1130. The number of carbonyl (C=O) groups is 1. The number of carbonyl (C=O) groups excluding carboxylic acids is 1. The smallest absolute Gasteiger partial charge is 0.275 e. The van der Waals surface area contributed by atoms with Gasteiger partial charge in [0.05, 0.1) is 24.9 Å². The molecule has 1 aliphatic carbocycles. The van der Waals surface area contributed by atoms with Crippen LogP contribution >= 0.6 is 0 Å². The maximum atomic E-state index is 12.1. The van der Waals surface area contributed by atoms with E-state index in [4.69, 9.17) is 0 Å². The van der Waals surface area contributed by atoms with Gasteiger partial charge in [-0.3, -0.25) is 14.3 Å². The number of hydrogen-bond acceptors (Lipinski definition) is 6. The minimum absolute atomic E-state index is 0.0673. The van der Waals surface area contributed by atoms with Crippen LogP contribution in [0, 0.1) is 0 Å². The van der Waals surface area contributed by atoms with Crippen LogP contribution < -0.4 is 10.7 Å². The molecule has 29 heavy (non-hydrogen) atoms. The zero-order chi connectivity index (χ0) is 20.6. The highest BCUT2D eigenvalue weighted by molar-refractivity contribution is 5.92. The Labute approximate surface area is 166 Å². The highest BCUT2D eigenvalue weighted by Gasteiger charge is 2.37. The van der Waals surface area contributed by atoms with Crippen LogP contribution in [0.3, 0.4) is 0 Å². The molecule has 0 radical (unpaired) electrons. The average molecular weight is 397 g/mol. The van der Waals surface area contributed by atoms with Crippen molar-refractivity contribution in [2.24, 2.45) is 0 Å². The Hall–Kier alpha value is -3.20. The van der Waals surface area contributed by atoms with Crippen molar-refractivity contribution in [2.75, 3.05) is 7.05 Å². The lowest BCUT2D eigenvalue weighted by Gasteiger charge is -2.32. The summed E-state index contributed by atoms with van der Waals surface area (Å²) in [4.78, 5) is 28.6. The summed E-state index contributed by atoms with van der Waals surface area (Å²) in [6.07, 6.45) is 8.73. The first-order chi connectivity index (χ1) is 14.0. The second-order valence-corrected chi connectivity index (χ2v) is 7.50. The van der Waals surface area contributed by atoms with Crippen molar-refractivity contribution in [3.05, 3.63) is 52.2 Å². The molecule has 3 aromatic rings. The fraction of sp³-hybridized carbons (Fsp3) is 0.400. The first-order valence-electron chi connectivity index (χ1n) is 9.57. The van der Waals surface area contributed by atoms with E-state index < -0.39 is 17.1 Å². The van der Waals surface area contributed by atoms with Crippen molar-refractivity contribution < 1.29 is 15.0 Å². The standard InChI is InChI=1S/C20H23N5O4/c1-21-19(29)16-17(28)15(27)10-24(23-16)12-20(5-2-3-6-20)25-7-4-14-8-13(11-26)9-22-18(14)25/h4,7-10,26-27H,2-3,5-6,11-12H2,1H3,(H,21,29). The molecule has 1 saturated carbocycles. The van der Waals surface area contributed by atoms with Gasteiger partial charge in [0.15, 0.2) is 11.4 Å². The van der Waals surface area contributed by atoms with Gasteiger partial charge in [-0.1, -0.05) is 12.8 Å². The van der Waals surface area contributed by atoms with E-state index in [0.717, 1.165) is 42.3 Å². The molecule has 0 aliphatic heterocycles. The third-order valence-electron chi connectivity index (χ3n) is 5.66. The number of fused-ring (bicyclic) bond motifs is 1. The summed E-state index contributed by atoms with van der Waals surface area (Å²) in [5.41, 5.74) is 0.0949. The van der Waals surface area contributed by atoms with Crippen LogP contribution in [0.4, 0.5) is 0 Å². The van der Waals surface area contributed by atoms with Crippen LogP contribution in [-0.2, 0) is 18.7 Å². The number of pyridine rings is 1. The van der Waals surface area contributed by atoms with E-state index in [1.54, 1.807) is 6.20 Å². The Kier molecular flexibility index (Phi) is 4.83. The van der Waals surface area contributed by atoms with Gasteiger partial charge in [-0.2, -0.15) is 5.10 Å². The minimum atomic E-state index is -0.786. The number of nitrogens with zero attached hydrogens (tertiary/aromatic N) is 4. The summed E-state index contributed by atoms with van der Waals surface area (Å²) in [6, 6.07) is 3.88. The fourth-order valence-electron chi connectivity index (χ4n) is 4.22. The maximum Gasteiger partial charge on any atom is 0.275 e. The first-order valence-corrected chi connectivity index (χ1v) is 9.57. The van der Waals surface area contributed by atoms with Crippen molar-refractivity contribution in [2.45, 2.75) is 44.4 Å². The molecule has 1 aliphatic rings. The molecule has 9 nitrogen and oxygen atoms in total. The summed E-state index contributed by atoms with van der Waals surface area (Å²) in [5, 5.41) is 26.9. The Balaban J connectivity index is 1.79. The van der Waals surface area contributed by atoms with E-state index >= 15 is 0 Å². The van der Waals surface area contributed by atoms with E-state index in [1.807, 2.05) is 18.3 Å². The molecule has 3 aromatic heterocycles. The topological polar surface area (TPSA) is 122 Å². The van der Waals surface area contributed by atoms with E-state index in [-0.39, 0.29) is 17.8 Å². The second-order valence-electron chi connectivity index (χ2n) is 7.50. The predicted octanol–water partition coefficient (Wildman–Crippen LogP) is 1.12. The summed E-state index contributed by atoms with van der Waals surface area (Å²) in [6.45, 7) is 0.320. The van der Waals surface area contributed by atoms with Gasteiger partial charge in [0.2, 0.25) is 0 Å². The molecule has 3 heterocycles. The number of aliphatic hydroxyl groups excluding tert-OH is 1. The van der Waals surface area contributed by atoms with Crippen molar-refractivity contribution in [3.8, 4) is 5.75 Å². The van der Waals surface area contributed by atoms with Gasteiger partial charge in [-0.15, -0.1) is 0 Å². The van der Waals surface area contributed by atoms with Gasteiger partial charge >= 0.3 is 0 Å². The zero-order valence-electron chi connectivity index (χ0n) is 16.1. The highest BCUT2D eigenvalue weighted by Crippen LogP contribution is 2.40. The van der Waals surface area contributed by atoms with E-state index in [9.17, 15) is 19.8 Å². The number of aliphatic hydroxyl groups is 1. The lowest BCUT2D eigenvalue weighted by Crippen LogP contribution is -2.37. The van der Waals surface area contributed by atoms with Gasteiger partial charge in [0, 0.05) is 24.8 Å². The lowest BCUT2D eigenvalue weighted by atomic mass is 9.97. The molecule has 0 atom stereocenters. The van der Waals surface area contributed by atoms with Gasteiger partial charge in [0.25, 0.3) is 11.3 Å². The van der Waals surface area contributed by atoms with E-state index in [1.165, 1.54) is 17.9 Å². The molecule has 0 bridgehead atoms. The molecule has 9 heteroatoms. The first kappa shape index (κ1) is 19.1. The number of hydrogen-bond donors (Lipinski definition) is 3. The van der Waals surface area contributed by atoms with Crippen LogP contribution in [-0.4, -0.2) is 42.5 Å². The quantitative estimate of drug-likeness (QED) is 0.593. The lowest BCUT2D eigenvalue weighted by molar-refractivity contribution is 0.0952. The van der Waals surface area contributed by atoms with Gasteiger partial charge in [0.1, 0.15) is 5.65 Å².